The number of benzene rings is 1. The number of nitrogens with one attached hydrogen (secondary N) is 1. The number of carbonyl (C=O) groups is 1. The average Bonchev–Trinajstić information content (AvgIpc) is 3.19. The Balaban J connectivity index is 1.37. The SMILES string of the molecule is CC1(C)CC[C@H](NC(=O)CCc2nc(-c3cccnc3)no2)c2ccccc21. The third-order valence-electron chi connectivity index (χ3n) is 5.41. The zero-order valence-electron chi connectivity index (χ0n) is 16.2. The van der Waals surface area contributed by atoms with E-state index < -0.39 is 0 Å². The lowest BCUT2D eigenvalue weighted by molar-refractivity contribution is -0.122. The minimum absolute atomic E-state index is 0.000590. The smallest absolute Gasteiger partial charge is 0.227 e. The first kappa shape index (κ1) is 18.3. The molecular formula is C22H24N4O2. The molecule has 0 spiro atoms. The molecule has 6 nitrogen and oxygen atoms in total. The van der Waals surface area contributed by atoms with Crippen LogP contribution in [0.5, 0.6) is 0 Å². The maximum absolute atomic E-state index is 12.5. The average molecular weight is 376 g/mol. The predicted octanol–water partition coefficient (Wildman–Crippen LogP) is 3.99. The zero-order valence-corrected chi connectivity index (χ0v) is 16.2. The van der Waals surface area contributed by atoms with Gasteiger partial charge in [-0.2, -0.15) is 4.98 Å². The van der Waals surface area contributed by atoms with Gasteiger partial charge in [-0.15, -0.1) is 0 Å². The lowest BCUT2D eigenvalue weighted by Crippen LogP contribution is -2.35. The van der Waals surface area contributed by atoms with Gasteiger partial charge < -0.3 is 9.84 Å². The van der Waals surface area contributed by atoms with Gasteiger partial charge in [-0.3, -0.25) is 9.78 Å². The van der Waals surface area contributed by atoms with Crippen molar-refractivity contribution in [3.05, 3.63) is 65.8 Å². The van der Waals surface area contributed by atoms with Gasteiger partial charge in [0, 0.05) is 30.8 Å². The summed E-state index contributed by atoms with van der Waals surface area (Å²) in [5.41, 5.74) is 3.49. The van der Waals surface area contributed by atoms with Crippen LogP contribution in [0.2, 0.25) is 0 Å². The van der Waals surface area contributed by atoms with Gasteiger partial charge >= 0.3 is 0 Å². The van der Waals surface area contributed by atoms with Crippen molar-refractivity contribution in [2.75, 3.05) is 0 Å². The summed E-state index contributed by atoms with van der Waals surface area (Å²) in [5.74, 6) is 0.951. The number of aromatic nitrogens is 3. The molecule has 0 unspecified atom stereocenters. The third kappa shape index (κ3) is 3.81. The van der Waals surface area contributed by atoms with Crippen molar-refractivity contribution >= 4 is 5.91 Å². The molecule has 6 heteroatoms. The van der Waals surface area contributed by atoms with E-state index in [1.807, 2.05) is 18.2 Å². The van der Waals surface area contributed by atoms with Gasteiger partial charge in [-0.1, -0.05) is 43.3 Å². The summed E-state index contributed by atoms with van der Waals surface area (Å²) in [6, 6.07) is 12.2. The van der Waals surface area contributed by atoms with Gasteiger partial charge in [0.05, 0.1) is 6.04 Å². The molecule has 0 saturated carbocycles. The fourth-order valence-corrected chi connectivity index (χ4v) is 3.82. The van der Waals surface area contributed by atoms with Crippen molar-refractivity contribution in [3.63, 3.8) is 0 Å². The van der Waals surface area contributed by atoms with Crippen LogP contribution in [0.3, 0.4) is 0 Å². The van der Waals surface area contributed by atoms with Crippen LogP contribution in [0, 0.1) is 0 Å². The summed E-state index contributed by atoms with van der Waals surface area (Å²) >= 11 is 0. The summed E-state index contributed by atoms with van der Waals surface area (Å²) in [7, 11) is 0. The van der Waals surface area contributed by atoms with Crippen molar-refractivity contribution in [2.24, 2.45) is 0 Å². The summed E-state index contributed by atoms with van der Waals surface area (Å²) in [5, 5.41) is 7.15. The number of hydrogen-bond donors (Lipinski definition) is 1. The van der Waals surface area contributed by atoms with E-state index in [-0.39, 0.29) is 17.4 Å². The molecule has 0 bridgehead atoms. The minimum Gasteiger partial charge on any atom is -0.349 e. The van der Waals surface area contributed by atoms with Gasteiger partial charge in [0.25, 0.3) is 0 Å². The first-order valence-corrected chi connectivity index (χ1v) is 9.65. The van der Waals surface area contributed by atoms with Crippen LogP contribution in [0.4, 0.5) is 0 Å². The second-order valence-electron chi connectivity index (χ2n) is 7.88. The van der Waals surface area contributed by atoms with Gasteiger partial charge in [-0.05, 0) is 41.5 Å². The lowest BCUT2D eigenvalue weighted by Gasteiger charge is -2.37. The fourth-order valence-electron chi connectivity index (χ4n) is 3.82. The third-order valence-corrected chi connectivity index (χ3v) is 5.41. The molecule has 0 aliphatic heterocycles. The summed E-state index contributed by atoms with van der Waals surface area (Å²) in [6.45, 7) is 4.53. The first-order chi connectivity index (χ1) is 13.5. The Morgan fingerprint density at radius 1 is 1.25 bits per heavy atom. The van der Waals surface area contributed by atoms with E-state index in [2.05, 4.69) is 52.5 Å². The normalized spacial score (nSPS) is 17.7. The Kier molecular flexibility index (Phi) is 4.94. The second kappa shape index (κ2) is 7.54. The standard InChI is InChI=1S/C22H24N4O2/c1-22(2)12-11-18(16-7-3-4-8-17(16)22)24-19(27)9-10-20-25-21(26-28-20)15-6-5-13-23-14-15/h3-8,13-14,18H,9-12H2,1-2H3,(H,24,27)/t18-/m0/s1. The lowest BCUT2D eigenvalue weighted by atomic mass is 9.71. The molecule has 2 aromatic heterocycles. The van der Waals surface area contributed by atoms with Crippen LogP contribution in [-0.2, 0) is 16.6 Å². The Bertz CT molecular complexity index is 965. The van der Waals surface area contributed by atoms with Gasteiger partial charge in [0.2, 0.25) is 17.6 Å². The van der Waals surface area contributed by atoms with Crippen LogP contribution in [0.25, 0.3) is 11.4 Å². The number of hydrogen-bond acceptors (Lipinski definition) is 5. The highest BCUT2D eigenvalue weighted by Gasteiger charge is 2.32. The van der Waals surface area contributed by atoms with E-state index >= 15 is 0 Å². The Morgan fingerprint density at radius 2 is 2.11 bits per heavy atom. The van der Waals surface area contributed by atoms with E-state index in [0.29, 0.717) is 24.6 Å². The van der Waals surface area contributed by atoms with Gasteiger partial charge in [-0.25, -0.2) is 0 Å². The number of carbonyl (C=O) groups excluding carboxylic acids is 1. The zero-order chi connectivity index (χ0) is 19.6. The van der Waals surface area contributed by atoms with Crippen LogP contribution in [0.1, 0.15) is 56.2 Å². The molecule has 1 aliphatic rings. The van der Waals surface area contributed by atoms with E-state index in [9.17, 15) is 4.79 Å². The molecule has 1 aliphatic carbocycles. The highest BCUT2D eigenvalue weighted by molar-refractivity contribution is 5.76. The van der Waals surface area contributed by atoms with Gasteiger partial charge in [0.1, 0.15) is 0 Å². The molecule has 28 heavy (non-hydrogen) atoms. The van der Waals surface area contributed by atoms with E-state index in [4.69, 9.17) is 4.52 Å². The van der Waals surface area contributed by atoms with Crippen molar-refractivity contribution in [1.82, 2.24) is 20.4 Å². The molecule has 3 aromatic rings. The maximum Gasteiger partial charge on any atom is 0.227 e. The minimum atomic E-state index is 0.000590. The number of rotatable bonds is 5. The van der Waals surface area contributed by atoms with Crippen LogP contribution in [0.15, 0.2) is 53.3 Å². The summed E-state index contributed by atoms with van der Waals surface area (Å²) in [6.07, 6.45) is 6.10. The number of pyridine rings is 1. The maximum atomic E-state index is 12.5. The van der Waals surface area contributed by atoms with Crippen LogP contribution >= 0.6 is 0 Å². The van der Waals surface area contributed by atoms with Crippen molar-refractivity contribution in [2.45, 2.75) is 51.0 Å². The van der Waals surface area contributed by atoms with Crippen molar-refractivity contribution in [3.8, 4) is 11.4 Å². The van der Waals surface area contributed by atoms with Crippen molar-refractivity contribution < 1.29 is 9.32 Å². The molecule has 1 amide bonds. The molecule has 2 heterocycles. The predicted molar refractivity (Wildman–Crippen MR) is 105 cm³/mol. The molecule has 1 aromatic carbocycles. The topological polar surface area (TPSA) is 80.9 Å². The number of nitrogens with zero attached hydrogens (tertiary/aromatic N) is 3. The van der Waals surface area contributed by atoms with E-state index in [1.54, 1.807) is 12.4 Å². The summed E-state index contributed by atoms with van der Waals surface area (Å²) < 4.78 is 5.27. The summed E-state index contributed by atoms with van der Waals surface area (Å²) in [4.78, 5) is 20.9. The number of aryl methyl sites for hydroxylation is 1. The molecule has 0 fully saturated rings. The molecule has 4 rings (SSSR count). The highest BCUT2D eigenvalue weighted by atomic mass is 16.5. The first-order valence-electron chi connectivity index (χ1n) is 9.65. The van der Waals surface area contributed by atoms with E-state index in [1.165, 1.54) is 11.1 Å². The quantitative estimate of drug-likeness (QED) is 0.728. The van der Waals surface area contributed by atoms with Crippen LogP contribution in [-0.4, -0.2) is 21.0 Å². The molecular weight excluding hydrogens is 352 g/mol. The number of amides is 1. The molecule has 0 saturated heterocycles. The Labute approximate surface area is 164 Å². The Hall–Kier alpha value is -3.02. The van der Waals surface area contributed by atoms with Crippen molar-refractivity contribution in [1.29, 1.82) is 0 Å². The molecule has 1 N–H and O–H groups in total. The number of fused-ring (bicyclic) bond motifs is 1. The molecule has 144 valence electrons. The van der Waals surface area contributed by atoms with E-state index in [0.717, 1.165) is 18.4 Å². The molecule has 0 radical (unpaired) electrons. The largest absolute Gasteiger partial charge is 0.349 e. The Morgan fingerprint density at radius 3 is 2.93 bits per heavy atom. The molecule has 1 atom stereocenters. The highest BCUT2D eigenvalue weighted by Crippen LogP contribution is 2.41. The van der Waals surface area contributed by atoms with Gasteiger partial charge in [0.15, 0.2) is 0 Å². The fraction of sp³-hybridized carbons (Fsp3) is 0.364. The second-order valence-corrected chi connectivity index (χ2v) is 7.88. The van der Waals surface area contributed by atoms with Crippen LogP contribution < -0.4 is 5.32 Å². The monoisotopic (exact) mass is 376 g/mol.